The highest BCUT2D eigenvalue weighted by Gasteiger charge is 2.31. The van der Waals surface area contributed by atoms with Crippen molar-refractivity contribution in [2.75, 3.05) is 18.8 Å². The second-order valence-corrected chi connectivity index (χ2v) is 6.69. The molecule has 1 heterocycles. The van der Waals surface area contributed by atoms with Gasteiger partial charge < -0.3 is 5.73 Å². The van der Waals surface area contributed by atoms with Gasteiger partial charge in [-0.15, -0.1) is 0 Å². The van der Waals surface area contributed by atoms with Gasteiger partial charge in [0.25, 0.3) is 0 Å². The molecule has 3 heteroatoms. The first-order valence-electron chi connectivity index (χ1n) is 7.35. The van der Waals surface area contributed by atoms with Gasteiger partial charge in [-0.2, -0.15) is 0 Å². The van der Waals surface area contributed by atoms with Gasteiger partial charge in [-0.25, -0.2) is 0 Å². The van der Waals surface area contributed by atoms with Crippen LogP contribution in [-0.4, -0.2) is 18.0 Å². The second-order valence-electron chi connectivity index (χ2n) is 5.83. The highest BCUT2D eigenvalue weighted by Crippen LogP contribution is 2.38. The molecule has 1 aromatic rings. The summed E-state index contributed by atoms with van der Waals surface area (Å²) < 4.78 is 1.17. The summed E-state index contributed by atoms with van der Waals surface area (Å²) >= 11 is 3.62. The number of piperidine rings is 1. The number of halogens is 1. The predicted octanol–water partition coefficient (Wildman–Crippen LogP) is 4.43. The summed E-state index contributed by atoms with van der Waals surface area (Å²) in [4.78, 5) is 2.56. The summed E-state index contributed by atoms with van der Waals surface area (Å²) in [7, 11) is 0. The van der Waals surface area contributed by atoms with Crippen molar-refractivity contribution in [3.63, 3.8) is 0 Å². The van der Waals surface area contributed by atoms with Crippen LogP contribution in [0.15, 0.2) is 22.7 Å². The maximum atomic E-state index is 5.88. The monoisotopic (exact) mass is 324 g/mol. The Hall–Kier alpha value is -0.540. The van der Waals surface area contributed by atoms with Gasteiger partial charge in [0.15, 0.2) is 0 Å². The van der Waals surface area contributed by atoms with Gasteiger partial charge in [-0.3, -0.25) is 4.90 Å². The minimum Gasteiger partial charge on any atom is -0.399 e. The van der Waals surface area contributed by atoms with Crippen LogP contribution in [0.25, 0.3) is 0 Å². The molecule has 106 valence electrons. The number of anilines is 1. The molecule has 0 aromatic heterocycles. The Morgan fingerprint density at radius 3 is 2.42 bits per heavy atom. The predicted molar refractivity (Wildman–Crippen MR) is 86.1 cm³/mol. The lowest BCUT2D eigenvalue weighted by molar-refractivity contribution is 0.0908. The fourth-order valence-electron chi connectivity index (χ4n) is 3.10. The van der Waals surface area contributed by atoms with Crippen molar-refractivity contribution in [3.05, 3.63) is 28.2 Å². The van der Waals surface area contributed by atoms with Crippen LogP contribution in [0.5, 0.6) is 0 Å². The van der Waals surface area contributed by atoms with E-state index < -0.39 is 0 Å². The summed E-state index contributed by atoms with van der Waals surface area (Å²) in [5.74, 6) is 0. The molecule has 2 rings (SSSR count). The lowest BCUT2D eigenvalue weighted by Gasteiger charge is -2.41. The Bertz CT molecular complexity index is 417. The third-order valence-corrected chi connectivity index (χ3v) is 5.65. The van der Waals surface area contributed by atoms with E-state index in [1.807, 2.05) is 6.07 Å². The van der Waals surface area contributed by atoms with Gasteiger partial charge in [0, 0.05) is 16.7 Å². The Balaban J connectivity index is 1.97. The molecule has 1 fully saturated rings. The fourth-order valence-corrected chi connectivity index (χ4v) is 3.47. The number of hydrogen-bond acceptors (Lipinski definition) is 2. The normalized spacial score (nSPS) is 19.5. The van der Waals surface area contributed by atoms with E-state index in [4.69, 9.17) is 5.73 Å². The molecule has 1 aliphatic rings. The number of hydrogen-bond donors (Lipinski definition) is 1. The maximum absolute atomic E-state index is 5.88. The van der Waals surface area contributed by atoms with Gasteiger partial charge in [0.05, 0.1) is 0 Å². The number of rotatable bonds is 4. The largest absolute Gasteiger partial charge is 0.399 e. The first-order valence-corrected chi connectivity index (χ1v) is 8.14. The van der Waals surface area contributed by atoms with Crippen molar-refractivity contribution in [1.29, 1.82) is 0 Å². The zero-order valence-electron chi connectivity index (χ0n) is 12.1. The van der Waals surface area contributed by atoms with E-state index in [-0.39, 0.29) is 0 Å². The van der Waals surface area contributed by atoms with E-state index in [0.29, 0.717) is 5.41 Å². The van der Waals surface area contributed by atoms with Gasteiger partial charge in [0.2, 0.25) is 0 Å². The summed E-state index contributed by atoms with van der Waals surface area (Å²) in [5, 5.41) is 0. The minimum absolute atomic E-state index is 0.601. The molecular weight excluding hydrogens is 300 g/mol. The summed E-state index contributed by atoms with van der Waals surface area (Å²) in [6, 6.07) is 6.09. The van der Waals surface area contributed by atoms with Crippen LogP contribution in [0, 0.1) is 5.41 Å². The van der Waals surface area contributed by atoms with Gasteiger partial charge in [-0.1, -0.05) is 42.6 Å². The van der Waals surface area contributed by atoms with Crippen molar-refractivity contribution in [3.8, 4) is 0 Å². The number of likely N-dealkylation sites (tertiary alicyclic amines) is 1. The average molecular weight is 325 g/mol. The van der Waals surface area contributed by atoms with Crippen LogP contribution >= 0.6 is 15.9 Å². The SMILES string of the molecule is CCC1(CC)CCN(Cc2cc(N)ccc2Br)CC1. The summed E-state index contributed by atoms with van der Waals surface area (Å²) in [6.07, 6.45) is 5.30. The molecule has 0 atom stereocenters. The molecule has 0 aliphatic carbocycles. The van der Waals surface area contributed by atoms with Crippen molar-refractivity contribution in [2.24, 2.45) is 5.41 Å². The lowest BCUT2D eigenvalue weighted by atomic mass is 9.74. The van der Waals surface area contributed by atoms with E-state index in [2.05, 4.69) is 46.8 Å². The fraction of sp³-hybridized carbons (Fsp3) is 0.625. The van der Waals surface area contributed by atoms with Crippen LogP contribution in [0.3, 0.4) is 0 Å². The minimum atomic E-state index is 0.601. The molecule has 19 heavy (non-hydrogen) atoms. The molecule has 0 bridgehead atoms. The van der Waals surface area contributed by atoms with Gasteiger partial charge in [0.1, 0.15) is 0 Å². The number of benzene rings is 1. The van der Waals surface area contributed by atoms with Crippen molar-refractivity contribution in [1.82, 2.24) is 4.90 Å². The highest BCUT2D eigenvalue weighted by molar-refractivity contribution is 9.10. The Kier molecular flexibility index (Phi) is 4.91. The molecule has 0 amide bonds. The molecule has 0 saturated carbocycles. The van der Waals surface area contributed by atoms with Crippen LogP contribution in [0.2, 0.25) is 0 Å². The molecule has 2 nitrogen and oxygen atoms in total. The van der Waals surface area contributed by atoms with Crippen molar-refractivity contribution >= 4 is 21.6 Å². The molecule has 1 saturated heterocycles. The van der Waals surface area contributed by atoms with E-state index in [0.717, 1.165) is 12.2 Å². The number of nitrogen functional groups attached to an aromatic ring is 1. The smallest absolute Gasteiger partial charge is 0.0318 e. The molecule has 1 aromatic carbocycles. The van der Waals surface area contributed by atoms with E-state index in [9.17, 15) is 0 Å². The molecule has 0 unspecified atom stereocenters. The summed E-state index contributed by atoms with van der Waals surface area (Å²) in [6.45, 7) is 8.11. The van der Waals surface area contributed by atoms with Crippen LogP contribution in [0.4, 0.5) is 5.69 Å². The highest BCUT2D eigenvalue weighted by atomic mass is 79.9. The molecule has 0 spiro atoms. The van der Waals surface area contributed by atoms with Gasteiger partial charge in [-0.05, 0) is 55.1 Å². The molecule has 2 N–H and O–H groups in total. The average Bonchev–Trinajstić information content (AvgIpc) is 2.44. The second kappa shape index (κ2) is 6.27. The van der Waals surface area contributed by atoms with Crippen LogP contribution in [-0.2, 0) is 6.54 Å². The summed E-state index contributed by atoms with van der Waals surface area (Å²) in [5.41, 5.74) is 8.64. The topological polar surface area (TPSA) is 29.3 Å². The quantitative estimate of drug-likeness (QED) is 0.830. The molecular formula is C16H25BrN2. The zero-order chi connectivity index (χ0) is 13.9. The van der Waals surface area contributed by atoms with E-state index >= 15 is 0 Å². The van der Waals surface area contributed by atoms with Crippen molar-refractivity contribution < 1.29 is 0 Å². The lowest BCUT2D eigenvalue weighted by Crippen LogP contribution is -2.39. The van der Waals surface area contributed by atoms with Crippen LogP contribution < -0.4 is 5.73 Å². The van der Waals surface area contributed by atoms with E-state index in [1.54, 1.807) is 0 Å². The Morgan fingerprint density at radius 2 is 1.84 bits per heavy atom. The third-order valence-electron chi connectivity index (χ3n) is 4.88. The first-order chi connectivity index (χ1) is 9.08. The zero-order valence-corrected chi connectivity index (χ0v) is 13.7. The number of nitrogens with two attached hydrogens (primary N) is 1. The van der Waals surface area contributed by atoms with Crippen molar-refractivity contribution in [2.45, 2.75) is 46.1 Å². The van der Waals surface area contributed by atoms with E-state index in [1.165, 1.54) is 48.8 Å². The van der Waals surface area contributed by atoms with Gasteiger partial charge >= 0.3 is 0 Å². The third kappa shape index (κ3) is 3.51. The maximum Gasteiger partial charge on any atom is 0.0318 e. The molecule has 1 aliphatic heterocycles. The Morgan fingerprint density at radius 1 is 1.21 bits per heavy atom. The number of nitrogens with zero attached hydrogens (tertiary/aromatic N) is 1. The standard InChI is InChI=1S/C16H25BrN2/c1-3-16(4-2)7-9-19(10-8-16)12-13-11-14(18)5-6-15(13)17/h5-6,11H,3-4,7-10,12,18H2,1-2H3. The molecule has 0 radical (unpaired) electrons. The van der Waals surface area contributed by atoms with Crippen LogP contribution in [0.1, 0.15) is 45.1 Å². The Labute approximate surface area is 125 Å². The first kappa shape index (κ1) is 14.9.